The molecule has 0 aliphatic rings. The molecule has 0 saturated heterocycles. The zero-order valence-electron chi connectivity index (χ0n) is 13.0. The van der Waals surface area contributed by atoms with E-state index in [-0.39, 0.29) is 6.03 Å². The van der Waals surface area contributed by atoms with Crippen molar-refractivity contribution in [3.05, 3.63) is 65.4 Å². The number of carbonyl (C=O) groups is 1. The number of nitrogens with one attached hydrogen (secondary N) is 2. The van der Waals surface area contributed by atoms with Crippen LogP contribution in [-0.4, -0.2) is 13.1 Å². The van der Waals surface area contributed by atoms with Crippen LogP contribution >= 0.6 is 0 Å². The van der Waals surface area contributed by atoms with Crippen LogP contribution in [0.2, 0.25) is 0 Å². The van der Waals surface area contributed by atoms with E-state index in [2.05, 4.69) is 10.6 Å². The third kappa shape index (κ3) is 4.38. The first-order valence-corrected chi connectivity index (χ1v) is 7.04. The lowest BCUT2D eigenvalue weighted by Crippen LogP contribution is -2.24. The molecule has 0 aromatic heterocycles. The molecule has 2 rings (SSSR count). The van der Waals surface area contributed by atoms with Gasteiger partial charge in [-0.25, -0.2) is 4.79 Å². The molecule has 0 heterocycles. The molecule has 0 atom stereocenters. The number of carbonyl (C=O) groups excluding carboxylic acids is 1. The van der Waals surface area contributed by atoms with Crippen molar-refractivity contribution in [2.24, 2.45) is 0 Å². The van der Waals surface area contributed by atoms with Gasteiger partial charge in [0.05, 0.1) is 7.11 Å². The van der Waals surface area contributed by atoms with Crippen LogP contribution in [0, 0.1) is 13.8 Å². The number of hydrogen-bond acceptors (Lipinski definition) is 2. The molecule has 22 heavy (non-hydrogen) atoms. The predicted molar refractivity (Wildman–Crippen MR) is 90.1 cm³/mol. The lowest BCUT2D eigenvalue weighted by Gasteiger charge is -2.08. The number of aryl methyl sites for hydroxylation is 2. The van der Waals surface area contributed by atoms with Gasteiger partial charge in [0.2, 0.25) is 0 Å². The Kier molecular flexibility index (Phi) is 5.20. The second kappa shape index (κ2) is 7.31. The maximum absolute atomic E-state index is 11.9. The maximum atomic E-state index is 11.9. The highest BCUT2D eigenvalue weighted by atomic mass is 16.5. The zero-order chi connectivity index (χ0) is 15.9. The molecule has 0 saturated carbocycles. The number of amides is 2. The predicted octanol–water partition coefficient (Wildman–Crippen LogP) is 4.10. The van der Waals surface area contributed by atoms with E-state index in [1.807, 2.05) is 62.4 Å². The molecule has 2 amide bonds. The van der Waals surface area contributed by atoms with Gasteiger partial charge in [-0.05, 0) is 54.8 Å². The molecule has 4 heteroatoms. The van der Waals surface area contributed by atoms with Crippen LogP contribution in [0.1, 0.15) is 16.7 Å². The average molecular weight is 296 g/mol. The number of methoxy groups -OCH3 is 1. The summed E-state index contributed by atoms with van der Waals surface area (Å²) in [6.45, 7) is 3.95. The third-order valence-corrected chi connectivity index (χ3v) is 3.23. The Hall–Kier alpha value is -2.75. The van der Waals surface area contributed by atoms with Crippen molar-refractivity contribution in [2.75, 3.05) is 12.4 Å². The van der Waals surface area contributed by atoms with Crippen LogP contribution < -0.4 is 15.4 Å². The number of urea groups is 1. The van der Waals surface area contributed by atoms with E-state index in [9.17, 15) is 4.79 Å². The fourth-order valence-electron chi connectivity index (χ4n) is 1.99. The molecular formula is C18H20N2O2. The largest absolute Gasteiger partial charge is 0.497 e. The SMILES string of the molecule is COc1cccc(/C=C/NC(=O)Nc2cc(C)ccc2C)c1. The van der Waals surface area contributed by atoms with E-state index >= 15 is 0 Å². The van der Waals surface area contributed by atoms with Gasteiger partial charge in [0.25, 0.3) is 0 Å². The minimum absolute atomic E-state index is 0.271. The van der Waals surface area contributed by atoms with E-state index < -0.39 is 0 Å². The van der Waals surface area contributed by atoms with E-state index in [0.29, 0.717) is 0 Å². The van der Waals surface area contributed by atoms with Crippen LogP contribution in [0.25, 0.3) is 6.08 Å². The van der Waals surface area contributed by atoms with Crippen molar-refractivity contribution in [1.82, 2.24) is 5.32 Å². The quantitative estimate of drug-likeness (QED) is 0.892. The van der Waals surface area contributed by atoms with Crippen molar-refractivity contribution in [3.8, 4) is 5.75 Å². The van der Waals surface area contributed by atoms with E-state index in [4.69, 9.17) is 4.74 Å². The van der Waals surface area contributed by atoms with E-state index in [0.717, 1.165) is 28.1 Å². The van der Waals surface area contributed by atoms with Crippen molar-refractivity contribution >= 4 is 17.8 Å². The Morgan fingerprint density at radius 2 is 1.95 bits per heavy atom. The Bertz CT molecular complexity index is 693. The van der Waals surface area contributed by atoms with Gasteiger partial charge in [0, 0.05) is 11.9 Å². The van der Waals surface area contributed by atoms with Crippen LogP contribution in [0.15, 0.2) is 48.7 Å². The summed E-state index contributed by atoms with van der Waals surface area (Å²) in [7, 11) is 1.62. The summed E-state index contributed by atoms with van der Waals surface area (Å²) in [5.74, 6) is 0.780. The highest BCUT2D eigenvalue weighted by Gasteiger charge is 2.02. The number of ether oxygens (including phenoxy) is 1. The normalized spacial score (nSPS) is 10.5. The summed E-state index contributed by atoms with van der Waals surface area (Å²) in [5.41, 5.74) is 3.89. The van der Waals surface area contributed by atoms with E-state index in [1.165, 1.54) is 0 Å². The maximum Gasteiger partial charge on any atom is 0.323 e. The van der Waals surface area contributed by atoms with Gasteiger partial charge in [-0.2, -0.15) is 0 Å². The minimum Gasteiger partial charge on any atom is -0.497 e. The summed E-state index contributed by atoms with van der Waals surface area (Å²) in [6.07, 6.45) is 3.42. The summed E-state index contributed by atoms with van der Waals surface area (Å²) >= 11 is 0. The Balaban J connectivity index is 1.94. The van der Waals surface area contributed by atoms with Gasteiger partial charge < -0.3 is 15.4 Å². The Morgan fingerprint density at radius 1 is 1.14 bits per heavy atom. The van der Waals surface area contributed by atoms with Gasteiger partial charge >= 0.3 is 6.03 Å². The molecule has 0 unspecified atom stereocenters. The molecule has 0 aliphatic heterocycles. The lowest BCUT2D eigenvalue weighted by molar-refractivity contribution is 0.255. The standard InChI is InChI=1S/C18H20N2O2/c1-13-7-8-14(2)17(11-13)20-18(21)19-10-9-15-5-4-6-16(12-15)22-3/h4-12H,1-3H3,(H2,19,20,21)/b10-9+. The van der Waals surface area contributed by atoms with Crippen molar-refractivity contribution in [1.29, 1.82) is 0 Å². The molecule has 114 valence electrons. The first-order valence-electron chi connectivity index (χ1n) is 7.04. The molecule has 2 N–H and O–H groups in total. The van der Waals surface area contributed by atoms with Crippen molar-refractivity contribution < 1.29 is 9.53 Å². The van der Waals surface area contributed by atoms with Crippen LogP contribution in [0.4, 0.5) is 10.5 Å². The third-order valence-electron chi connectivity index (χ3n) is 3.23. The molecule has 2 aromatic rings. The fourth-order valence-corrected chi connectivity index (χ4v) is 1.99. The second-order valence-corrected chi connectivity index (χ2v) is 5.03. The number of hydrogen-bond donors (Lipinski definition) is 2. The molecule has 2 aromatic carbocycles. The summed E-state index contributed by atoms with van der Waals surface area (Å²) in [5, 5.41) is 5.53. The molecule has 0 bridgehead atoms. The average Bonchev–Trinajstić information content (AvgIpc) is 2.51. The highest BCUT2D eigenvalue weighted by molar-refractivity contribution is 5.91. The van der Waals surface area contributed by atoms with Gasteiger partial charge in [-0.1, -0.05) is 24.3 Å². The number of benzene rings is 2. The first kappa shape index (κ1) is 15.6. The van der Waals surface area contributed by atoms with E-state index in [1.54, 1.807) is 13.3 Å². The molecule has 0 radical (unpaired) electrons. The summed E-state index contributed by atoms with van der Waals surface area (Å²) in [4.78, 5) is 11.9. The van der Waals surface area contributed by atoms with Crippen LogP contribution in [0.5, 0.6) is 5.75 Å². The summed E-state index contributed by atoms with van der Waals surface area (Å²) in [6, 6.07) is 13.3. The number of anilines is 1. The highest BCUT2D eigenvalue weighted by Crippen LogP contribution is 2.16. The lowest BCUT2D eigenvalue weighted by atomic mass is 10.1. The molecule has 0 spiro atoms. The second-order valence-electron chi connectivity index (χ2n) is 5.03. The van der Waals surface area contributed by atoms with Gasteiger partial charge in [0.1, 0.15) is 5.75 Å². The molecule has 0 aliphatic carbocycles. The Labute approximate surface area is 130 Å². The van der Waals surface area contributed by atoms with Gasteiger partial charge in [-0.15, -0.1) is 0 Å². The van der Waals surface area contributed by atoms with Crippen LogP contribution in [0.3, 0.4) is 0 Å². The smallest absolute Gasteiger partial charge is 0.323 e. The monoisotopic (exact) mass is 296 g/mol. The number of rotatable bonds is 4. The minimum atomic E-state index is -0.271. The van der Waals surface area contributed by atoms with Crippen LogP contribution in [-0.2, 0) is 0 Å². The van der Waals surface area contributed by atoms with Gasteiger partial charge in [0.15, 0.2) is 0 Å². The van der Waals surface area contributed by atoms with Crippen molar-refractivity contribution in [3.63, 3.8) is 0 Å². The molecule has 4 nitrogen and oxygen atoms in total. The first-order chi connectivity index (χ1) is 10.6. The molecular weight excluding hydrogens is 276 g/mol. The summed E-state index contributed by atoms with van der Waals surface area (Å²) < 4.78 is 5.15. The topological polar surface area (TPSA) is 50.4 Å². The Morgan fingerprint density at radius 3 is 2.73 bits per heavy atom. The zero-order valence-corrected chi connectivity index (χ0v) is 13.0. The van der Waals surface area contributed by atoms with Gasteiger partial charge in [-0.3, -0.25) is 0 Å². The van der Waals surface area contributed by atoms with Crippen molar-refractivity contribution in [2.45, 2.75) is 13.8 Å². The molecule has 0 fully saturated rings. The fraction of sp³-hybridized carbons (Fsp3) is 0.167.